The Morgan fingerprint density at radius 1 is 1.04 bits per heavy atom. The zero-order valence-corrected chi connectivity index (χ0v) is 15.4. The van der Waals surface area contributed by atoms with Crippen LogP contribution in [0.25, 0.3) is 11.0 Å². The van der Waals surface area contributed by atoms with E-state index in [-0.39, 0.29) is 17.4 Å². The van der Waals surface area contributed by atoms with Crippen LogP contribution in [-0.4, -0.2) is 60.0 Å². The van der Waals surface area contributed by atoms with Gasteiger partial charge >= 0.3 is 5.69 Å². The van der Waals surface area contributed by atoms with Crippen molar-refractivity contribution in [3.05, 3.63) is 64.3 Å². The van der Waals surface area contributed by atoms with E-state index in [1.807, 2.05) is 18.2 Å². The number of anilines is 1. The number of benzene rings is 2. The monoisotopic (exact) mass is 383 g/mol. The van der Waals surface area contributed by atoms with Crippen molar-refractivity contribution in [2.24, 2.45) is 0 Å². The number of imidazole rings is 1. The summed E-state index contributed by atoms with van der Waals surface area (Å²) in [6.07, 6.45) is 0. The highest BCUT2D eigenvalue weighted by atomic mass is 19.1. The number of carbonyl (C=O) groups excluding carboxylic acids is 1. The Morgan fingerprint density at radius 2 is 1.79 bits per heavy atom. The number of piperazine rings is 1. The zero-order valence-electron chi connectivity index (χ0n) is 15.4. The van der Waals surface area contributed by atoms with Crippen molar-refractivity contribution in [1.82, 2.24) is 20.2 Å². The Balaban J connectivity index is 1.28. The van der Waals surface area contributed by atoms with Crippen molar-refractivity contribution in [1.29, 1.82) is 0 Å². The summed E-state index contributed by atoms with van der Waals surface area (Å²) in [5.74, 6) is -0.546. The number of H-pyrrole nitrogens is 2. The molecule has 0 unspecified atom stereocenters. The summed E-state index contributed by atoms with van der Waals surface area (Å²) in [5, 5.41) is 2.88. The Kier molecular flexibility index (Phi) is 5.12. The van der Waals surface area contributed by atoms with Gasteiger partial charge in [0.2, 0.25) is 0 Å². The predicted octanol–water partition coefficient (Wildman–Crippen LogP) is 1.55. The number of amides is 1. The van der Waals surface area contributed by atoms with Gasteiger partial charge in [-0.3, -0.25) is 9.69 Å². The van der Waals surface area contributed by atoms with Crippen molar-refractivity contribution in [2.45, 2.75) is 0 Å². The molecule has 1 aliphatic rings. The number of aromatic amines is 2. The van der Waals surface area contributed by atoms with Gasteiger partial charge in [0.25, 0.3) is 5.91 Å². The smallest absolute Gasteiger partial charge is 0.323 e. The van der Waals surface area contributed by atoms with Gasteiger partial charge in [0, 0.05) is 44.8 Å². The van der Waals surface area contributed by atoms with Crippen LogP contribution >= 0.6 is 0 Å². The van der Waals surface area contributed by atoms with Crippen LogP contribution in [0.5, 0.6) is 0 Å². The molecule has 0 aliphatic carbocycles. The molecule has 2 heterocycles. The first-order valence-corrected chi connectivity index (χ1v) is 9.32. The SMILES string of the molecule is O=C(NCCN1CCN(c2cccc3[nH]c(=O)[nH]c23)CC1)c1ccc(F)cc1. The van der Waals surface area contributed by atoms with Crippen molar-refractivity contribution in [2.75, 3.05) is 44.2 Å². The standard InChI is InChI=1S/C20H22FN5O2/c21-15-6-4-14(5-7-15)19(27)22-8-9-25-10-12-26(13-11-25)17-3-1-2-16-18(17)24-20(28)23-16/h1-7H,8-13H2,(H,22,27)(H2,23,24,28). The van der Waals surface area contributed by atoms with E-state index in [9.17, 15) is 14.0 Å². The Morgan fingerprint density at radius 3 is 2.54 bits per heavy atom. The summed E-state index contributed by atoms with van der Waals surface area (Å²) in [6, 6.07) is 11.4. The second kappa shape index (κ2) is 7.85. The van der Waals surface area contributed by atoms with Crippen LogP contribution in [0, 0.1) is 5.82 Å². The minimum atomic E-state index is -0.353. The van der Waals surface area contributed by atoms with Crippen LogP contribution < -0.4 is 15.9 Å². The first-order chi connectivity index (χ1) is 13.6. The fourth-order valence-corrected chi connectivity index (χ4v) is 3.55. The molecule has 1 fully saturated rings. The lowest BCUT2D eigenvalue weighted by Gasteiger charge is -2.36. The highest BCUT2D eigenvalue weighted by molar-refractivity contribution is 5.94. The van der Waals surface area contributed by atoms with E-state index in [1.165, 1.54) is 24.3 Å². The van der Waals surface area contributed by atoms with Crippen LogP contribution in [0.3, 0.4) is 0 Å². The van der Waals surface area contributed by atoms with Crippen molar-refractivity contribution in [3.8, 4) is 0 Å². The molecular weight excluding hydrogens is 361 g/mol. The summed E-state index contributed by atoms with van der Waals surface area (Å²) < 4.78 is 12.9. The summed E-state index contributed by atoms with van der Waals surface area (Å²) in [6.45, 7) is 4.73. The fraction of sp³-hybridized carbons (Fsp3) is 0.300. The quantitative estimate of drug-likeness (QED) is 0.624. The van der Waals surface area contributed by atoms with Crippen molar-refractivity contribution in [3.63, 3.8) is 0 Å². The summed E-state index contributed by atoms with van der Waals surface area (Å²) >= 11 is 0. The van der Waals surface area contributed by atoms with Gasteiger partial charge in [-0.1, -0.05) is 6.07 Å². The summed E-state index contributed by atoms with van der Waals surface area (Å²) in [5.41, 5.74) is 2.94. The van der Waals surface area contributed by atoms with Crippen LogP contribution in [-0.2, 0) is 0 Å². The lowest BCUT2D eigenvalue weighted by molar-refractivity contribution is 0.0947. The molecule has 4 rings (SSSR count). The maximum atomic E-state index is 12.9. The number of hydrogen-bond donors (Lipinski definition) is 3. The molecular formula is C20H22FN5O2. The third-order valence-electron chi connectivity index (χ3n) is 5.06. The van der Waals surface area contributed by atoms with E-state index in [0.717, 1.165) is 49.4 Å². The molecule has 0 radical (unpaired) electrons. The third-order valence-corrected chi connectivity index (χ3v) is 5.06. The van der Waals surface area contributed by atoms with E-state index < -0.39 is 0 Å². The number of aromatic nitrogens is 2. The lowest BCUT2D eigenvalue weighted by Crippen LogP contribution is -2.48. The molecule has 7 nitrogen and oxygen atoms in total. The molecule has 146 valence electrons. The van der Waals surface area contributed by atoms with Crippen molar-refractivity contribution < 1.29 is 9.18 Å². The average Bonchev–Trinajstić information content (AvgIpc) is 3.09. The van der Waals surface area contributed by atoms with E-state index in [0.29, 0.717) is 12.1 Å². The molecule has 2 aromatic carbocycles. The average molecular weight is 383 g/mol. The third kappa shape index (κ3) is 3.91. The topological polar surface area (TPSA) is 84.2 Å². The first-order valence-electron chi connectivity index (χ1n) is 9.32. The minimum absolute atomic E-state index is 0.193. The zero-order chi connectivity index (χ0) is 19.5. The molecule has 3 N–H and O–H groups in total. The van der Waals surface area contributed by atoms with E-state index in [2.05, 4.69) is 25.1 Å². The maximum absolute atomic E-state index is 12.9. The summed E-state index contributed by atoms with van der Waals surface area (Å²) in [7, 11) is 0. The van der Waals surface area contributed by atoms with Crippen LogP contribution in [0.4, 0.5) is 10.1 Å². The molecule has 0 saturated carbocycles. The number of rotatable bonds is 5. The van der Waals surface area contributed by atoms with Crippen molar-refractivity contribution >= 4 is 22.6 Å². The number of hydrogen-bond acceptors (Lipinski definition) is 4. The van der Waals surface area contributed by atoms with Gasteiger partial charge < -0.3 is 20.2 Å². The Hall–Kier alpha value is -3.13. The molecule has 8 heteroatoms. The van der Waals surface area contributed by atoms with Crippen LogP contribution in [0.1, 0.15) is 10.4 Å². The molecule has 1 amide bonds. The largest absolute Gasteiger partial charge is 0.367 e. The van der Waals surface area contributed by atoms with Gasteiger partial charge in [0.05, 0.1) is 16.7 Å². The minimum Gasteiger partial charge on any atom is -0.367 e. The molecule has 0 atom stereocenters. The van der Waals surface area contributed by atoms with E-state index in [4.69, 9.17) is 0 Å². The van der Waals surface area contributed by atoms with E-state index in [1.54, 1.807) is 0 Å². The van der Waals surface area contributed by atoms with Gasteiger partial charge in [-0.05, 0) is 36.4 Å². The van der Waals surface area contributed by atoms with Gasteiger partial charge in [-0.25, -0.2) is 9.18 Å². The van der Waals surface area contributed by atoms with Gasteiger partial charge in [0.1, 0.15) is 5.82 Å². The second-order valence-corrected chi connectivity index (χ2v) is 6.87. The number of nitrogens with zero attached hydrogens (tertiary/aromatic N) is 2. The second-order valence-electron chi connectivity index (χ2n) is 6.87. The molecule has 1 aliphatic heterocycles. The predicted molar refractivity (Wildman–Crippen MR) is 106 cm³/mol. The highest BCUT2D eigenvalue weighted by Crippen LogP contribution is 2.24. The molecule has 1 saturated heterocycles. The number of fused-ring (bicyclic) bond motifs is 1. The Labute approximate surface area is 161 Å². The maximum Gasteiger partial charge on any atom is 0.323 e. The highest BCUT2D eigenvalue weighted by Gasteiger charge is 2.19. The van der Waals surface area contributed by atoms with Gasteiger partial charge in [0.15, 0.2) is 0 Å². The number of nitrogens with one attached hydrogen (secondary N) is 3. The van der Waals surface area contributed by atoms with Gasteiger partial charge in [-0.2, -0.15) is 0 Å². The number of carbonyl (C=O) groups is 1. The first kappa shape index (κ1) is 18.2. The summed E-state index contributed by atoms with van der Waals surface area (Å²) in [4.78, 5) is 33.9. The van der Waals surface area contributed by atoms with Crippen LogP contribution in [0.15, 0.2) is 47.3 Å². The van der Waals surface area contributed by atoms with Gasteiger partial charge in [-0.15, -0.1) is 0 Å². The fourth-order valence-electron chi connectivity index (χ4n) is 3.55. The van der Waals surface area contributed by atoms with Crippen LogP contribution in [0.2, 0.25) is 0 Å². The number of para-hydroxylation sites is 1. The van der Waals surface area contributed by atoms with E-state index >= 15 is 0 Å². The lowest BCUT2D eigenvalue weighted by atomic mass is 10.2. The number of halogens is 1. The molecule has 28 heavy (non-hydrogen) atoms. The molecule has 0 bridgehead atoms. The normalized spacial score (nSPS) is 15.1. The molecule has 3 aromatic rings. The Bertz CT molecular complexity index is 1020. The molecule has 0 spiro atoms. The molecule has 1 aromatic heterocycles.